The molecule has 6 rings (SSSR count). The second-order valence-electron chi connectivity index (χ2n) is 9.72. The van der Waals surface area contributed by atoms with Crippen molar-refractivity contribution in [3.8, 4) is 11.3 Å². The average molecular weight is 475 g/mol. The molecule has 0 radical (unpaired) electrons. The molecule has 0 bridgehead atoms. The molecule has 0 unspecified atom stereocenters. The van der Waals surface area contributed by atoms with Gasteiger partial charge in [-0.1, -0.05) is 18.2 Å². The smallest absolute Gasteiger partial charge is 0.231 e. The lowest BCUT2D eigenvalue weighted by Crippen LogP contribution is -2.36. The molecule has 0 spiro atoms. The third-order valence-corrected chi connectivity index (χ3v) is 7.56. The van der Waals surface area contributed by atoms with Gasteiger partial charge in [0, 0.05) is 69.7 Å². The summed E-state index contributed by atoms with van der Waals surface area (Å²) in [4.78, 5) is 29.2. The summed E-state index contributed by atoms with van der Waals surface area (Å²) in [6.45, 7) is 4.89. The normalized spacial score (nSPS) is 18.5. The Morgan fingerprint density at radius 1 is 1.14 bits per heavy atom. The van der Waals surface area contributed by atoms with E-state index in [1.54, 1.807) is 22.7 Å². The van der Waals surface area contributed by atoms with Crippen LogP contribution in [0, 0.1) is 0 Å². The number of amides is 2. The Balaban J connectivity index is 1.43. The van der Waals surface area contributed by atoms with Gasteiger partial charge < -0.3 is 14.5 Å². The van der Waals surface area contributed by atoms with Crippen molar-refractivity contribution in [1.29, 1.82) is 0 Å². The summed E-state index contributed by atoms with van der Waals surface area (Å²) >= 11 is 0. The van der Waals surface area contributed by atoms with E-state index in [0.717, 1.165) is 66.1 Å². The highest BCUT2D eigenvalue weighted by Crippen LogP contribution is 2.38. The van der Waals surface area contributed by atoms with Gasteiger partial charge in [-0.2, -0.15) is 10.2 Å². The molecule has 3 aliphatic rings. The van der Waals surface area contributed by atoms with Crippen molar-refractivity contribution in [1.82, 2.24) is 24.5 Å². The second-order valence-corrected chi connectivity index (χ2v) is 9.72. The predicted molar refractivity (Wildman–Crippen MR) is 130 cm³/mol. The van der Waals surface area contributed by atoms with Crippen molar-refractivity contribution in [3.63, 3.8) is 0 Å². The Labute approximate surface area is 204 Å². The molecule has 0 atom stereocenters. The zero-order chi connectivity index (χ0) is 24.1. The molecule has 182 valence electrons. The van der Waals surface area contributed by atoms with Crippen LogP contribution in [0.2, 0.25) is 0 Å². The summed E-state index contributed by atoms with van der Waals surface area (Å²) in [6, 6.07) is 6.53. The van der Waals surface area contributed by atoms with Crippen LogP contribution in [0.3, 0.4) is 0 Å². The molecule has 5 heterocycles. The highest BCUT2D eigenvalue weighted by Gasteiger charge is 2.33. The van der Waals surface area contributed by atoms with Gasteiger partial charge in [-0.05, 0) is 24.0 Å². The number of carbonyl (C=O) groups excluding carboxylic acids is 2. The standard InChI is InChI=1S/C26H30N6O3/c1-17(33)30-9-6-24-23(16-30)26(28-32(24)19-7-10-35-11-8-19)21-5-3-4-18-14-31(25(34)12-22(18)21)20-13-27-29(2)15-20/h3-5,13,15,19H,6-12,14,16H2,1-2H3. The molecule has 0 aliphatic carbocycles. The molecule has 0 N–H and O–H groups in total. The summed E-state index contributed by atoms with van der Waals surface area (Å²) in [6.07, 6.45) is 6.59. The minimum atomic E-state index is 0.0565. The number of nitrogens with zero attached hydrogens (tertiary/aromatic N) is 6. The number of aryl methyl sites for hydroxylation is 1. The van der Waals surface area contributed by atoms with Gasteiger partial charge in [0.25, 0.3) is 0 Å². The number of anilines is 1. The molecule has 1 aromatic carbocycles. The van der Waals surface area contributed by atoms with Crippen molar-refractivity contribution < 1.29 is 14.3 Å². The molecule has 3 aromatic rings. The summed E-state index contributed by atoms with van der Waals surface area (Å²) in [5.41, 5.74) is 7.24. The Morgan fingerprint density at radius 2 is 1.97 bits per heavy atom. The molecule has 9 nitrogen and oxygen atoms in total. The maximum Gasteiger partial charge on any atom is 0.231 e. The Morgan fingerprint density at radius 3 is 2.71 bits per heavy atom. The fourth-order valence-corrected chi connectivity index (χ4v) is 5.66. The van der Waals surface area contributed by atoms with Crippen molar-refractivity contribution in [2.75, 3.05) is 24.7 Å². The third kappa shape index (κ3) is 3.83. The van der Waals surface area contributed by atoms with Crippen LogP contribution in [-0.4, -0.2) is 56.0 Å². The topological polar surface area (TPSA) is 85.5 Å². The highest BCUT2D eigenvalue weighted by atomic mass is 16.5. The fraction of sp³-hybridized carbons (Fsp3) is 0.462. The summed E-state index contributed by atoms with van der Waals surface area (Å²) in [7, 11) is 1.85. The molecule has 9 heteroatoms. The van der Waals surface area contributed by atoms with Crippen LogP contribution < -0.4 is 4.90 Å². The number of aromatic nitrogens is 4. The van der Waals surface area contributed by atoms with Crippen molar-refractivity contribution in [3.05, 3.63) is 53.0 Å². The van der Waals surface area contributed by atoms with Gasteiger partial charge in [0.1, 0.15) is 0 Å². The average Bonchev–Trinajstić information content (AvgIpc) is 3.47. The summed E-state index contributed by atoms with van der Waals surface area (Å²) in [5, 5.41) is 9.41. The maximum absolute atomic E-state index is 13.2. The minimum Gasteiger partial charge on any atom is -0.381 e. The van der Waals surface area contributed by atoms with Crippen LogP contribution in [0.4, 0.5) is 5.69 Å². The molecule has 1 saturated heterocycles. The van der Waals surface area contributed by atoms with Crippen LogP contribution in [-0.2, 0) is 47.3 Å². The fourth-order valence-electron chi connectivity index (χ4n) is 5.66. The van der Waals surface area contributed by atoms with Gasteiger partial charge in [0.2, 0.25) is 11.8 Å². The van der Waals surface area contributed by atoms with Gasteiger partial charge in [-0.15, -0.1) is 0 Å². The van der Waals surface area contributed by atoms with E-state index < -0.39 is 0 Å². The Kier molecular flexibility index (Phi) is 5.44. The first kappa shape index (κ1) is 22.0. The first-order valence-corrected chi connectivity index (χ1v) is 12.3. The molecule has 2 aromatic heterocycles. The molecule has 0 saturated carbocycles. The maximum atomic E-state index is 13.2. The minimum absolute atomic E-state index is 0.0565. The van der Waals surface area contributed by atoms with E-state index in [2.05, 4.69) is 28.0 Å². The summed E-state index contributed by atoms with van der Waals surface area (Å²) < 4.78 is 9.52. The van der Waals surface area contributed by atoms with Crippen LogP contribution in [0.1, 0.15) is 48.2 Å². The summed E-state index contributed by atoms with van der Waals surface area (Å²) in [5.74, 6) is 0.138. The van der Waals surface area contributed by atoms with E-state index >= 15 is 0 Å². The largest absolute Gasteiger partial charge is 0.381 e. The van der Waals surface area contributed by atoms with Crippen molar-refractivity contribution in [2.45, 2.75) is 51.7 Å². The van der Waals surface area contributed by atoms with Gasteiger partial charge in [0.05, 0.1) is 36.6 Å². The molecule has 2 amide bonds. The van der Waals surface area contributed by atoms with Crippen molar-refractivity contribution >= 4 is 17.5 Å². The van der Waals surface area contributed by atoms with Gasteiger partial charge in [0.15, 0.2) is 0 Å². The second kappa shape index (κ2) is 8.64. The number of fused-ring (bicyclic) bond motifs is 2. The van der Waals surface area contributed by atoms with E-state index in [9.17, 15) is 9.59 Å². The van der Waals surface area contributed by atoms with E-state index in [0.29, 0.717) is 32.1 Å². The quantitative estimate of drug-likeness (QED) is 0.583. The molecular weight excluding hydrogens is 444 g/mol. The SMILES string of the molecule is CC(=O)N1CCc2c(c(-c3cccc4c3CC(=O)N(c3cnn(C)c3)C4)nn2C2CCOCC2)C1. The van der Waals surface area contributed by atoms with Crippen LogP contribution >= 0.6 is 0 Å². The number of carbonyl (C=O) groups is 2. The number of ether oxygens (including phenoxy) is 1. The van der Waals surface area contributed by atoms with Crippen molar-refractivity contribution in [2.24, 2.45) is 7.05 Å². The zero-order valence-corrected chi connectivity index (χ0v) is 20.2. The first-order chi connectivity index (χ1) is 17.0. The van der Waals surface area contributed by atoms with E-state index in [-0.39, 0.29) is 11.8 Å². The highest BCUT2D eigenvalue weighted by molar-refractivity contribution is 5.97. The predicted octanol–water partition coefficient (Wildman–Crippen LogP) is 2.63. The van der Waals surface area contributed by atoms with Gasteiger partial charge >= 0.3 is 0 Å². The van der Waals surface area contributed by atoms with E-state index in [1.165, 1.54) is 5.69 Å². The molecule has 3 aliphatic heterocycles. The first-order valence-electron chi connectivity index (χ1n) is 12.3. The zero-order valence-electron chi connectivity index (χ0n) is 20.2. The van der Waals surface area contributed by atoms with E-state index in [4.69, 9.17) is 9.84 Å². The lowest BCUT2D eigenvalue weighted by atomic mass is 9.90. The molecular formula is C26H30N6O3. The van der Waals surface area contributed by atoms with Crippen LogP contribution in [0.5, 0.6) is 0 Å². The van der Waals surface area contributed by atoms with E-state index in [1.807, 2.05) is 18.1 Å². The number of benzene rings is 1. The number of hydrogen-bond acceptors (Lipinski definition) is 5. The Hall–Kier alpha value is -3.46. The van der Waals surface area contributed by atoms with Gasteiger partial charge in [-0.25, -0.2) is 0 Å². The van der Waals surface area contributed by atoms with Gasteiger partial charge in [-0.3, -0.25) is 19.0 Å². The molecule has 35 heavy (non-hydrogen) atoms. The Bertz CT molecular complexity index is 1300. The van der Waals surface area contributed by atoms with Crippen LogP contribution in [0.15, 0.2) is 30.6 Å². The monoisotopic (exact) mass is 474 g/mol. The number of hydrogen-bond donors (Lipinski definition) is 0. The molecule has 1 fully saturated rings. The number of rotatable bonds is 3. The lowest BCUT2D eigenvalue weighted by molar-refractivity contribution is -0.129. The third-order valence-electron chi connectivity index (χ3n) is 7.56. The lowest BCUT2D eigenvalue weighted by Gasteiger charge is -2.30. The van der Waals surface area contributed by atoms with Crippen LogP contribution in [0.25, 0.3) is 11.3 Å².